The lowest BCUT2D eigenvalue weighted by molar-refractivity contribution is 0.561. The second kappa shape index (κ2) is 8.34. The third-order valence-corrected chi connectivity index (χ3v) is 4.30. The summed E-state index contributed by atoms with van der Waals surface area (Å²) in [5, 5.41) is 3.16. The van der Waals surface area contributed by atoms with Crippen LogP contribution in [0.4, 0.5) is 5.69 Å². The van der Waals surface area contributed by atoms with Crippen molar-refractivity contribution in [1.82, 2.24) is 0 Å². The van der Waals surface area contributed by atoms with Crippen molar-refractivity contribution in [3.05, 3.63) is 65.2 Å². The first kappa shape index (κ1) is 17.8. The molecule has 0 bridgehead atoms. The molecular weight excluding hydrogens is 397 g/mol. The van der Waals surface area contributed by atoms with Crippen molar-refractivity contribution in [1.29, 1.82) is 0 Å². The van der Waals surface area contributed by atoms with Crippen LogP contribution in [0, 0.1) is 6.92 Å². The second-order valence-corrected chi connectivity index (χ2v) is 6.00. The van der Waals surface area contributed by atoms with E-state index in [0.29, 0.717) is 11.9 Å². The molecule has 3 N–H and O–H groups in total. The molecule has 3 nitrogen and oxygen atoms in total. The van der Waals surface area contributed by atoms with Gasteiger partial charge in [-0.1, -0.05) is 42.0 Å². The number of benzene rings is 2. The van der Waals surface area contributed by atoms with Crippen LogP contribution in [0.25, 0.3) is 0 Å². The molecule has 0 saturated carbocycles. The number of anilines is 1. The molecule has 0 radical (unpaired) electrons. The van der Waals surface area contributed by atoms with Crippen LogP contribution in [0.15, 0.2) is 53.5 Å². The van der Waals surface area contributed by atoms with E-state index in [0.717, 1.165) is 12.2 Å². The molecule has 23 heavy (non-hydrogen) atoms. The number of fused-ring (bicyclic) bond motifs is 1. The van der Waals surface area contributed by atoms with Crippen molar-refractivity contribution in [3.8, 4) is 0 Å². The second-order valence-electron chi connectivity index (χ2n) is 6.00. The minimum atomic E-state index is 0. The highest BCUT2D eigenvalue weighted by atomic mass is 127. The van der Waals surface area contributed by atoms with E-state index in [2.05, 4.69) is 53.6 Å². The van der Waals surface area contributed by atoms with Crippen LogP contribution in [-0.2, 0) is 6.42 Å². The standard InChI is InChI=1S/C19H23N3.HI/c1-14-9-11-17(12-10-14)22-19(20)21-13-16-7-4-6-15-5-2-3-8-18(15)16;/h2-3,5,8-12,16H,4,6-7,13H2,1H3,(H3,20,21,22);1H. The fourth-order valence-electron chi connectivity index (χ4n) is 3.08. The fraction of sp³-hybridized carbons (Fsp3) is 0.316. The summed E-state index contributed by atoms with van der Waals surface area (Å²) in [4.78, 5) is 4.55. The van der Waals surface area contributed by atoms with Gasteiger partial charge in [0.2, 0.25) is 0 Å². The van der Waals surface area contributed by atoms with E-state index in [1.54, 1.807) is 0 Å². The highest BCUT2D eigenvalue weighted by Gasteiger charge is 2.19. The topological polar surface area (TPSA) is 50.4 Å². The lowest BCUT2D eigenvalue weighted by Crippen LogP contribution is -2.24. The van der Waals surface area contributed by atoms with Crippen molar-refractivity contribution in [2.75, 3.05) is 11.9 Å². The predicted octanol–water partition coefficient (Wildman–Crippen LogP) is 4.46. The Labute approximate surface area is 155 Å². The van der Waals surface area contributed by atoms with Crippen molar-refractivity contribution < 1.29 is 0 Å². The summed E-state index contributed by atoms with van der Waals surface area (Å²) in [6, 6.07) is 16.9. The molecule has 0 amide bonds. The third-order valence-electron chi connectivity index (χ3n) is 4.30. The molecule has 0 spiro atoms. The molecule has 2 aromatic carbocycles. The fourth-order valence-corrected chi connectivity index (χ4v) is 3.08. The van der Waals surface area contributed by atoms with Gasteiger partial charge in [-0.15, -0.1) is 24.0 Å². The van der Waals surface area contributed by atoms with Crippen LogP contribution in [0.2, 0.25) is 0 Å². The van der Waals surface area contributed by atoms with Gasteiger partial charge in [0.1, 0.15) is 0 Å². The van der Waals surface area contributed by atoms with Gasteiger partial charge >= 0.3 is 0 Å². The van der Waals surface area contributed by atoms with E-state index in [-0.39, 0.29) is 24.0 Å². The van der Waals surface area contributed by atoms with Crippen LogP contribution in [0.3, 0.4) is 0 Å². The number of hydrogen-bond acceptors (Lipinski definition) is 1. The first-order valence-electron chi connectivity index (χ1n) is 7.94. The Morgan fingerprint density at radius 3 is 2.70 bits per heavy atom. The van der Waals surface area contributed by atoms with Crippen LogP contribution in [0.5, 0.6) is 0 Å². The number of rotatable bonds is 3. The van der Waals surface area contributed by atoms with Gasteiger partial charge in [0, 0.05) is 18.2 Å². The molecule has 0 aromatic heterocycles. The van der Waals surface area contributed by atoms with Gasteiger partial charge in [0.05, 0.1) is 0 Å². The summed E-state index contributed by atoms with van der Waals surface area (Å²) in [7, 11) is 0. The number of nitrogens with one attached hydrogen (secondary N) is 1. The van der Waals surface area contributed by atoms with Gasteiger partial charge in [-0.25, -0.2) is 0 Å². The molecule has 1 unspecified atom stereocenters. The van der Waals surface area contributed by atoms with Gasteiger partial charge in [-0.3, -0.25) is 4.99 Å². The number of nitrogens with zero attached hydrogens (tertiary/aromatic N) is 1. The zero-order valence-electron chi connectivity index (χ0n) is 13.5. The highest BCUT2D eigenvalue weighted by Crippen LogP contribution is 2.31. The Morgan fingerprint density at radius 2 is 1.91 bits per heavy atom. The minimum Gasteiger partial charge on any atom is -0.370 e. The number of nitrogens with two attached hydrogens (primary N) is 1. The van der Waals surface area contributed by atoms with E-state index in [9.17, 15) is 0 Å². The van der Waals surface area contributed by atoms with Gasteiger partial charge in [0.25, 0.3) is 0 Å². The third kappa shape index (κ3) is 4.70. The molecule has 2 aromatic rings. The molecule has 4 heteroatoms. The Kier molecular flexibility index (Phi) is 6.45. The van der Waals surface area contributed by atoms with E-state index >= 15 is 0 Å². The molecule has 0 heterocycles. The molecule has 0 saturated heterocycles. The maximum atomic E-state index is 6.02. The molecule has 0 aliphatic heterocycles. The first-order valence-corrected chi connectivity index (χ1v) is 7.94. The Hall–Kier alpha value is -1.56. The summed E-state index contributed by atoms with van der Waals surface area (Å²) >= 11 is 0. The normalized spacial score (nSPS) is 17.1. The summed E-state index contributed by atoms with van der Waals surface area (Å²) in [6.07, 6.45) is 3.62. The average Bonchev–Trinajstić information content (AvgIpc) is 2.55. The quantitative estimate of drug-likeness (QED) is 0.437. The Balaban J connectivity index is 0.00000192. The predicted molar refractivity (Wildman–Crippen MR) is 109 cm³/mol. The molecule has 1 aliphatic rings. The lowest BCUT2D eigenvalue weighted by Gasteiger charge is -2.24. The van der Waals surface area contributed by atoms with Crippen LogP contribution < -0.4 is 11.1 Å². The molecule has 1 atom stereocenters. The van der Waals surface area contributed by atoms with Gasteiger partial charge < -0.3 is 11.1 Å². The Morgan fingerprint density at radius 1 is 1.17 bits per heavy atom. The Bertz CT molecular complexity index is 665. The monoisotopic (exact) mass is 421 g/mol. The number of guanidine groups is 1. The maximum absolute atomic E-state index is 6.02. The summed E-state index contributed by atoms with van der Waals surface area (Å²) < 4.78 is 0. The number of halogens is 1. The van der Waals surface area contributed by atoms with E-state index in [1.807, 2.05) is 12.1 Å². The number of hydrogen-bond donors (Lipinski definition) is 2. The molecular formula is C19H24IN3. The van der Waals surface area contributed by atoms with Gasteiger partial charge in [-0.2, -0.15) is 0 Å². The van der Waals surface area contributed by atoms with Gasteiger partial charge in [-0.05, 0) is 49.4 Å². The van der Waals surface area contributed by atoms with Crippen LogP contribution in [-0.4, -0.2) is 12.5 Å². The zero-order chi connectivity index (χ0) is 15.4. The van der Waals surface area contributed by atoms with E-state index < -0.39 is 0 Å². The smallest absolute Gasteiger partial charge is 0.193 e. The van der Waals surface area contributed by atoms with E-state index in [4.69, 9.17) is 5.73 Å². The van der Waals surface area contributed by atoms with Crippen LogP contribution >= 0.6 is 24.0 Å². The highest BCUT2D eigenvalue weighted by molar-refractivity contribution is 14.0. The molecule has 3 rings (SSSR count). The van der Waals surface area contributed by atoms with Gasteiger partial charge in [0.15, 0.2) is 5.96 Å². The number of aliphatic imine (C=N–C) groups is 1. The lowest BCUT2D eigenvalue weighted by atomic mass is 9.83. The largest absolute Gasteiger partial charge is 0.370 e. The van der Waals surface area contributed by atoms with Crippen LogP contribution in [0.1, 0.15) is 35.4 Å². The molecule has 0 fully saturated rings. The van der Waals surface area contributed by atoms with Crippen molar-refractivity contribution in [3.63, 3.8) is 0 Å². The minimum absolute atomic E-state index is 0. The SMILES string of the molecule is Cc1ccc(NC(N)=NCC2CCCc3ccccc32)cc1.I. The summed E-state index contributed by atoms with van der Waals surface area (Å²) in [6.45, 7) is 2.82. The van der Waals surface area contributed by atoms with Crippen molar-refractivity contribution >= 4 is 35.6 Å². The zero-order valence-corrected chi connectivity index (χ0v) is 15.8. The molecule has 122 valence electrons. The van der Waals surface area contributed by atoms with Crippen molar-refractivity contribution in [2.45, 2.75) is 32.1 Å². The average molecular weight is 421 g/mol. The summed E-state index contributed by atoms with van der Waals surface area (Å²) in [5.74, 6) is 0.982. The summed E-state index contributed by atoms with van der Waals surface area (Å²) in [5.41, 5.74) is 11.2. The molecule has 1 aliphatic carbocycles. The first-order chi connectivity index (χ1) is 10.7. The number of aryl methyl sites for hydroxylation is 2. The maximum Gasteiger partial charge on any atom is 0.193 e. The van der Waals surface area contributed by atoms with Crippen molar-refractivity contribution in [2.24, 2.45) is 10.7 Å². The van der Waals surface area contributed by atoms with E-state index in [1.165, 1.54) is 36.0 Å².